The molecule has 14 heteroatoms. The average molecular weight is 881 g/mol. The minimum Gasteiger partial charge on any atom is -0.462 e. The van der Waals surface area contributed by atoms with Crippen LogP contribution < -0.4 is 0 Å². The molecule has 1 rings (SSSR count). The lowest BCUT2D eigenvalue weighted by Gasteiger charge is -2.41. The number of unbranched alkanes of at least 4 members (excludes halogenated alkanes) is 9. The molecule has 0 saturated heterocycles. The number of rotatable bonds is 35. The molecule has 61 heavy (non-hydrogen) atoms. The number of phosphoric acid groups is 1. The predicted molar refractivity (Wildman–Crippen MR) is 239 cm³/mol. The highest BCUT2D eigenvalue weighted by molar-refractivity contribution is 7.47. The molecular formula is C47H77O13P. The van der Waals surface area contributed by atoms with E-state index in [9.17, 15) is 44.6 Å². The zero-order valence-electron chi connectivity index (χ0n) is 36.7. The highest BCUT2D eigenvalue weighted by Crippen LogP contribution is 2.47. The van der Waals surface area contributed by atoms with Gasteiger partial charge in [-0.3, -0.25) is 18.6 Å². The fraction of sp³-hybridized carbons (Fsp3) is 0.660. The Labute approximate surface area is 365 Å². The first-order chi connectivity index (χ1) is 29.4. The monoisotopic (exact) mass is 881 g/mol. The number of hydrogen-bond acceptors (Lipinski definition) is 12. The summed E-state index contributed by atoms with van der Waals surface area (Å²) in [5.74, 6) is -1.17. The van der Waals surface area contributed by atoms with Crippen LogP contribution in [0.15, 0.2) is 85.1 Å². The Hall–Kier alpha value is -2.97. The molecule has 0 heterocycles. The summed E-state index contributed by atoms with van der Waals surface area (Å²) in [7, 11) is -5.14. The van der Waals surface area contributed by atoms with Crippen LogP contribution in [-0.4, -0.2) is 98.3 Å². The van der Waals surface area contributed by atoms with E-state index in [0.717, 1.165) is 96.3 Å². The second-order valence-electron chi connectivity index (χ2n) is 15.2. The van der Waals surface area contributed by atoms with Crippen LogP contribution in [0.25, 0.3) is 0 Å². The van der Waals surface area contributed by atoms with E-state index >= 15 is 0 Å². The van der Waals surface area contributed by atoms with Crippen LogP contribution in [0.2, 0.25) is 0 Å². The summed E-state index contributed by atoms with van der Waals surface area (Å²) in [6.45, 7) is 3.06. The summed E-state index contributed by atoms with van der Waals surface area (Å²) < 4.78 is 33.5. The molecule has 0 bridgehead atoms. The molecule has 1 aliphatic carbocycles. The van der Waals surface area contributed by atoms with Crippen molar-refractivity contribution in [2.24, 2.45) is 0 Å². The molecule has 1 fully saturated rings. The minimum atomic E-state index is -5.14. The summed E-state index contributed by atoms with van der Waals surface area (Å²) in [6.07, 6.45) is 33.5. The third kappa shape index (κ3) is 29.1. The van der Waals surface area contributed by atoms with E-state index in [2.05, 4.69) is 98.9 Å². The molecule has 0 amide bonds. The lowest BCUT2D eigenvalue weighted by atomic mass is 9.85. The van der Waals surface area contributed by atoms with Crippen LogP contribution in [0.5, 0.6) is 0 Å². The van der Waals surface area contributed by atoms with E-state index in [-0.39, 0.29) is 12.8 Å². The zero-order chi connectivity index (χ0) is 45.0. The summed E-state index contributed by atoms with van der Waals surface area (Å²) in [6, 6.07) is 0. The van der Waals surface area contributed by atoms with Gasteiger partial charge in [-0.1, -0.05) is 131 Å². The molecular weight excluding hydrogens is 803 g/mol. The topological polar surface area (TPSA) is 210 Å². The summed E-state index contributed by atoms with van der Waals surface area (Å²) in [4.78, 5) is 35.7. The van der Waals surface area contributed by atoms with Gasteiger partial charge in [-0.05, 0) is 83.5 Å². The van der Waals surface area contributed by atoms with Crippen LogP contribution in [0.1, 0.15) is 142 Å². The molecule has 348 valence electrons. The van der Waals surface area contributed by atoms with Crippen molar-refractivity contribution in [3.8, 4) is 0 Å². The summed E-state index contributed by atoms with van der Waals surface area (Å²) in [5, 5.41) is 50.1. The van der Waals surface area contributed by atoms with Crippen LogP contribution in [0, 0.1) is 0 Å². The maximum absolute atomic E-state index is 12.8. The van der Waals surface area contributed by atoms with Crippen molar-refractivity contribution in [3.63, 3.8) is 0 Å². The number of carbonyl (C=O) groups excluding carboxylic acids is 2. The van der Waals surface area contributed by atoms with Gasteiger partial charge in [0.25, 0.3) is 0 Å². The smallest absolute Gasteiger partial charge is 0.462 e. The Balaban J connectivity index is 2.52. The van der Waals surface area contributed by atoms with Crippen LogP contribution in [0.3, 0.4) is 0 Å². The summed E-state index contributed by atoms with van der Waals surface area (Å²) >= 11 is 0. The fourth-order valence-corrected chi connectivity index (χ4v) is 7.09. The Kier molecular flexibility index (Phi) is 33.5. The lowest BCUT2D eigenvalue weighted by Crippen LogP contribution is -2.64. The Morgan fingerprint density at radius 2 is 0.934 bits per heavy atom. The van der Waals surface area contributed by atoms with Crippen LogP contribution in [0.4, 0.5) is 0 Å². The second-order valence-corrected chi connectivity index (χ2v) is 16.6. The van der Waals surface area contributed by atoms with Crippen molar-refractivity contribution in [2.75, 3.05) is 13.2 Å². The number of aliphatic hydroxyl groups excluding tert-OH is 5. The number of allylic oxidation sites excluding steroid dienone is 14. The predicted octanol–water partition coefficient (Wildman–Crippen LogP) is 8.50. The number of ether oxygens (including phenoxy) is 2. The van der Waals surface area contributed by atoms with Crippen molar-refractivity contribution in [2.45, 2.75) is 185 Å². The van der Waals surface area contributed by atoms with Gasteiger partial charge >= 0.3 is 19.8 Å². The SMILES string of the molecule is CC/C=C/C/C=C/C/C=C/CCCCCCCC(=O)O[C@@H](COC(=O)CCCCC/C=C/C/C=C/C/C=C/C/C=C/CCC)COP(=O)(O)OC1C(O)C(O)C(O)[C@H](O)C1O. The molecule has 0 radical (unpaired) electrons. The maximum Gasteiger partial charge on any atom is 0.472 e. The second kappa shape index (κ2) is 36.5. The summed E-state index contributed by atoms with van der Waals surface area (Å²) in [5.41, 5.74) is 0. The highest BCUT2D eigenvalue weighted by atomic mass is 31.2. The molecule has 6 unspecified atom stereocenters. The van der Waals surface area contributed by atoms with E-state index in [1.807, 2.05) is 0 Å². The molecule has 0 aromatic carbocycles. The number of aliphatic hydroxyl groups is 5. The van der Waals surface area contributed by atoms with E-state index in [4.69, 9.17) is 18.5 Å². The van der Waals surface area contributed by atoms with Gasteiger partial charge in [0.1, 0.15) is 43.2 Å². The number of esters is 2. The first-order valence-corrected chi connectivity index (χ1v) is 23.9. The van der Waals surface area contributed by atoms with Gasteiger partial charge in [0.05, 0.1) is 6.61 Å². The standard InChI is InChI=1S/C47H77O13P/c1-3-5-7-9-11-13-15-17-19-20-22-23-25-27-29-31-33-35-40(48)57-37-39(38-58-61(55,56)60-47-45(53)43(51)42(50)44(52)46(47)54)59-41(49)36-34-32-30-28-26-24-21-18-16-14-12-10-8-6-4-2/h6-9,12-15,18-21,23,25,39,42-47,50-54H,3-5,10-11,16-17,22,24,26-38H2,1-2H3,(H,55,56)/b8-6+,9-7+,14-12+,15-13+,20-19+,21-18+,25-23+/t39-,42?,43-,44?,45?,46?,47?/m0/s1. The van der Waals surface area contributed by atoms with Gasteiger partial charge in [-0.15, -0.1) is 0 Å². The van der Waals surface area contributed by atoms with Gasteiger partial charge in [-0.25, -0.2) is 4.57 Å². The number of hydrogen-bond donors (Lipinski definition) is 6. The largest absolute Gasteiger partial charge is 0.472 e. The minimum absolute atomic E-state index is 0.0648. The van der Waals surface area contributed by atoms with Crippen molar-refractivity contribution < 1.29 is 63.1 Å². The van der Waals surface area contributed by atoms with Crippen molar-refractivity contribution in [3.05, 3.63) is 85.1 Å². The van der Waals surface area contributed by atoms with Crippen LogP contribution in [-0.2, 0) is 32.7 Å². The molecule has 8 atom stereocenters. The van der Waals surface area contributed by atoms with Gasteiger partial charge in [0.2, 0.25) is 0 Å². The van der Waals surface area contributed by atoms with Crippen LogP contribution >= 0.6 is 7.82 Å². The number of phosphoric ester groups is 1. The van der Waals surface area contributed by atoms with Gasteiger partial charge in [0.15, 0.2) is 6.10 Å². The molecule has 1 aliphatic rings. The quantitative estimate of drug-likeness (QED) is 0.0153. The Morgan fingerprint density at radius 3 is 1.44 bits per heavy atom. The average Bonchev–Trinajstić information content (AvgIpc) is 3.24. The Morgan fingerprint density at radius 1 is 0.525 bits per heavy atom. The van der Waals surface area contributed by atoms with Crippen molar-refractivity contribution >= 4 is 19.8 Å². The highest BCUT2D eigenvalue weighted by Gasteiger charge is 2.51. The molecule has 0 spiro atoms. The van der Waals surface area contributed by atoms with E-state index in [1.165, 1.54) is 6.42 Å². The maximum atomic E-state index is 12.8. The third-order valence-electron chi connectivity index (χ3n) is 9.70. The van der Waals surface area contributed by atoms with Crippen molar-refractivity contribution in [1.82, 2.24) is 0 Å². The first-order valence-electron chi connectivity index (χ1n) is 22.4. The van der Waals surface area contributed by atoms with E-state index < -0.39 is 75.7 Å². The molecule has 6 N–H and O–H groups in total. The fourth-order valence-electron chi connectivity index (χ4n) is 6.11. The van der Waals surface area contributed by atoms with Gasteiger partial charge in [0, 0.05) is 12.8 Å². The van der Waals surface area contributed by atoms with E-state index in [1.54, 1.807) is 0 Å². The number of carbonyl (C=O) groups is 2. The molecule has 13 nitrogen and oxygen atoms in total. The van der Waals surface area contributed by atoms with Gasteiger partial charge < -0.3 is 39.9 Å². The molecule has 1 saturated carbocycles. The normalized spacial score (nSPS) is 22.8. The lowest BCUT2D eigenvalue weighted by molar-refractivity contribution is -0.220. The first kappa shape index (κ1) is 56.0. The molecule has 0 aromatic rings. The van der Waals surface area contributed by atoms with E-state index in [0.29, 0.717) is 12.8 Å². The van der Waals surface area contributed by atoms with Crippen molar-refractivity contribution in [1.29, 1.82) is 0 Å². The Bertz CT molecular complexity index is 1390. The third-order valence-corrected chi connectivity index (χ3v) is 10.7. The zero-order valence-corrected chi connectivity index (χ0v) is 37.6. The molecule has 0 aromatic heterocycles. The van der Waals surface area contributed by atoms with Gasteiger partial charge in [-0.2, -0.15) is 0 Å². The molecule has 0 aliphatic heterocycles.